The third-order valence-electron chi connectivity index (χ3n) is 4.62. The molecule has 2 aromatic rings. The molecule has 0 fully saturated rings. The average Bonchev–Trinajstić information content (AvgIpc) is 2.52. The first-order chi connectivity index (χ1) is 11.8. The average molecular weight is 335 g/mol. The Bertz CT molecular complexity index is 894. The van der Waals surface area contributed by atoms with E-state index in [4.69, 9.17) is 5.11 Å². The van der Waals surface area contributed by atoms with Gasteiger partial charge in [-0.1, -0.05) is 38.1 Å². The van der Waals surface area contributed by atoms with Crippen molar-refractivity contribution in [3.8, 4) is 11.1 Å². The highest BCUT2D eigenvalue weighted by Gasteiger charge is 2.31. The van der Waals surface area contributed by atoms with Crippen LogP contribution in [0.5, 0.6) is 0 Å². The van der Waals surface area contributed by atoms with E-state index in [9.17, 15) is 9.59 Å². The normalized spacial score (nSPS) is 15.7. The lowest BCUT2D eigenvalue weighted by molar-refractivity contribution is -0.131. The minimum absolute atomic E-state index is 0.0320. The van der Waals surface area contributed by atoms with Crippen molar-refractivity contribution in [2.75, 3.05) is 5.32 Å². The number of nitrogens with one attached hydrogen (secondary N) is 1. The van der Waals surface area contributed by atoms with Gasteiger partial charge < -0.3 is 10.4 Å². The molecule has 3 rings (SSSR count). The quantitative estimate of drug-likeness (QED) is 0.818. The lowest BCUT2D eigenvalue weighted by Gasteiger charge is -2.32. The first-order valence-corrected chi connectivity index (χ1v) is 8.23. The summed E-state index contributed by atoms with van der Waals surface area (Å²) < 4.78 is 0. The number of carboxylic acid groups (broad SMARTS) is 1. The van der Waals surface area contributed by atoms with E-state index >= 15 is 0 Å². The topological polar surface area (TPSA) is 66.4 Å². The number of anilines is 1. The zero-order valence-corrected chi connectivity index (χ0v) is 14.6. The summed E-state index contributed by atoms with van der Waals surface area (Å²) in [4.78, 5) is 22.7. The highest BCUT2D eigenvalue weighted by Crippen LogP contribution is 2.39. The lowest BCUT2D eigenvalue weighted by atomic mass is 9.77. The third kappa shape index (κ3) is 3.48. The van der Waals surface area contributed by atoms with E-state index in [1.807, 2.05) is 31.2 Å². The number of fused-ring (bicyclic) bond motifs is 1. The molecule has 0 atom stereocenters. The fourth-order valence-corrected chi connectivity index (χ4v) is 3.32. The van der Waals surface area contributed by atoms with Gasteiger partial charge in [0.15, 0.2) is 0 Å². The van der Waals surface area contributed by atoms with Crippen molar-refractivity contribution in [2.45, 2.75) is 32.6 Å². The molecule has 1 amide bonds. The van der Waals surface area contributed by atoms with Crippen LogP contribution in [-0.2, 0) is 15.0 Å². The monoisotopic (exact) mass is 335 g/mol. The van der Waals surface area contributed by atoms with Gasteiger partial charge in [0.1, 0.15) is 0 Å². The van der Waals surface area contributed by atoms with Crippen molar-refractivity contribution in [2.24, 2.45) is 0 Å². The van der Waals surface area contributed by atoms with E-state index < -0.39 is 5.97 Å². The number of hydrogen-bond acceptors (Lipinski definition) is 2. The molecule has 2 aromatic carbocycles. The minimum atomic E-state index is -0.971. The first-order valence-electron chi connectivity index (χ1n) is 8.23. The molecule has 0 unspecified atom stereocenters. The van der Waals surface area contributed by atoms with Gasteiger partial charge in [-0.25, -0.2) is 4.79 Å². The molecule has 2 N–H and O–H groups in total. The third-order valence-corrected chi connectivity index (χ3v) is 4.62. The summed E-state index contributed by atoms with van der Waals surface area (Å²) in [5.74, 6) is -0.939. The Morgan fingerprint density at radius 1 is 1.20 bits per heavy atom. The molecule has 1 aliphatic heterocycles. The molecular weight excluding hydrogens is 314 g/mol. The highest BCUT2D eigenvalue weighted by atomic mass is 16.4. The Balaban J connectivity index is 2.06. The van der Waals surface area contributed by atoms with Crippen LogP contribution in [0.1, 0.15) is 37.0 Å². The number of aryl methyl sites for hydroxylation is 1. The maximum absolute atomic E-state index is 12.0. The molecule has 1 heterocycles. The zero-order valence-electron chi connectivity index (χ0n) is 14.6. The van der Waals surface area contributed by atoms with Crippen LogP contribution in [0.3, 0.4) is 0 Å². The van der Waals surface area contributed by atoms with Crippen molar-refractivity contribution < 1.29 is 14.7 Å². The van der Waals surface area contributed by atoms with Gasteiger partial charge in [0.2, 0.25) is 5.91 Å². The molecule has 4 nitrogen and oxygen atoms in total. The number of amides is 1. The lowest BCUT2D eigenvalue weighted by Crippen LogP contribution is -2.32. The number of aliphatic carboxylic acids is 1. The van der Waals surface area contributed by atoms with Gasteiger partial charge in [0.25, 0.3) is 0 Å². The van der Waals surface area contributed by atoms with Crippen molar-refractivity contribution in [1.82, 2.24) is 0 Å². The first kappa shape index (κ1) is 17.0. The van der Waals surface area contributed by atoms with Crippen LogP contribution in [0.4, 0.5) is 5.69 Å². The molecule has 0 aliphatic carbocycles. The van der Waals surface area contributed by atoms with Crippen LogP contribution in [-0.4, -0.2) is 17.0 Å². The van der Waals surface area contributed by atoms with E-state index in [-0.39, 0.29) is 11.3 Å². The van der Waals surface area contributed by atoms with Crippen LogP contribution in [0.2, 0.25) is 0 Å². The second-order valence-corrected chi connectivity index (χ2v) is 7.12. The second-order valence-electron chi connectivity index (χ2n) is 7.12. The molecule has 0 saturated heterocycles. The van der Waals surface area contributed by atoms with E-state index in [1.54, 1.807) is 6.08 Å². The highest BCUT2D eigenvalue weighted by molar-refractivity contribution is 5.96. The van der Waals surface area contributed by atoms with Crippen LogP contribution < -0.4 is 5.32 Å². The van der Waals surface area contributed by atoms with E-state index in [0.29, 0.717) is 6.42 Å². The predicted molar refractivity (Wildman–Crippen MR) is 99.6 cm³/mol. The summed E-state index contributed by atoms with van der Waals surface area (Å²) in [6, 6.07) is 12.0. The summed E-state index contributed by atoms with van der Waals surface area (Å²) in [5, 5.41) is 11.8. The number of rotatable bonds is 3. The standard InChI is InChI=1S/C21H21NO3/c1-13-4-5-14(6-9-20(24)25)10-16(13)15-7-8-17-18(11-15)22-19(23)12-21(17,2)3/h4-11H,12H2,1-3H3,(H,22,23)(H,24,25)/b9-6+. The zero-order chi connectivity index (χ0) is 18.2. The molecular formula is C21H21NO3. The molecule has 0 aromatic heterocycles. The van der Waals surface area contributed by atoms with E-state index in [2.05, 4.69) is 31.3 Å². The maximum Gasteiger partial charge on any atom is 0.328 e. The van der Waals surface area contributed by atoms with Gasteiger partial charge in [-0.15, -0.1) is 0 Å². The number of carbonyl (C=O) groups excluding carboxylic acids is 1. The fraction of sp³-hybridized carbons (Fsp3) is 0.238. The van der Waals surface area contributed by atoms with Crippen molar-refractivity contribution in [1.29, 1.82) is 0 Å². The van der Waals surface area contributed by atoms with Gasteiger partial charge in [-0.2, -0.15) is 0 Å². The van der Waals surface area contributed by atoms with Crippen LogP contribution in [0, 0.1) is 6.92 Å². The fourth-order valence-electron chi connectivity index (χ4n) is 3.32. The van der Waals surface area contributed by atoms with Gasteiger partial charge >= 0.3 is 5.97 Å². The van der Waals surface area contributed by atoms with Crippen LogP contribution in [0.15, 0.2) is 42.5 Å². The summed E-state index contributed by atoms with van der Waals surface area (Å²) in [7, 11) is 0. The largest absolute Gasteiger partial charge is 0.478 e. The second kappa shape index (κ2) is 6.20. The molecule has 0 bridgehead atoms. The van der Waals surface area contributed by atoms with Crippen molar-refractivity contribution in [3.05, 3.63) is 59.2 Å². The minimum Gasteiger partial charge on any atom is -0.478 e. The van der Waals surface area contributed by atoms with Crippen LogP contribution >= 0.6 is 0 Å². The molecule has 0 spiro atoms. The number of hydrogen-bond donors (Lipinski definition) is 2. The van der Waals surface area contributed by atoms with Gasteiger partial charge in [-0.3, -0.25) is 4.79 Å². The Hall–Kier alpha value is -2.88. The van der Waals surface area contributed by atoms with Gasteiger partial charge in [0, 0.05) is 23.6 Å². The van der Waals surface area contributed by atoms with Gasteiger partial charge in [-0.05, 0) is 52.9 Å². The summed E-state index contributed by atoms with van der Waals surface area (Å²) in [6.45, 7) is 6.17. The maximum atomic E-state index is 12.0. The van der Waals surface area contributed by atoms with E-state index in [1.165, 1.54) is 0 Å². The van der Waals surface area contributed by atoms with Crippen molar-refractivity contribution in [3.63, 3.8) is 0 Å². The molecule has 1 aliphatic rings. The Morgan fingerprint density at radius 3 is 2.68 bits per heavy atom. The molecule has 128 valence electrons. The van der Waals surface area contributed by atoms with E-state index in [0.717, 1.165) is 39.6 Å². The summed E-state index contributed by atoms with van der Waals surface area (Å²) in [6.07, 6.45) is 3.19. The predicted octanol–water partition coefficient (Wildman–Crippen LogP) is 4.38. The summed E-state index contributed by atoms with van der Waals surface area (Å²) in [5.41, 5.74) is 5.74. The van der Waals surface area contributed by atoms with Crippen molar-refractivity contribution >= 4 is 23.6 Å². The molecule has 0 radical (unpaired) electrons. The SMILES string of the molecule is Cc1ccc(/C=C/C(=O)O)cc1-c1ccc2c(c1)NC(=O)CC2(C)C. The summed E-state index contributed by atoms with van der Waals surface area (Å²) >= 11 is 0. The Morgan fingerprint density at radius 2 is 1.96 bits per heavy atom. The van der Waals surface area contributed by atoms with Crippen LogP contribution in [0.25, 0.3) is 17.2 Å². The molecule has 25 heavy (non-hydrogen) atoms. The number of carbonyl (C=O) groups is 2. The molecule has 4 heteroatoms. The van der Waals surface area contributed by atoms with Gasteiger partial charge in [0.05, 0.1) is 0 Å². The molecule has 0 saturated carbocycles. The Kier molecular flexibility index (Phi) is 4.21. The Labute approximate surface area is 147 Å². The number of carboxylic acids is 1. The smallest absolute Gasteiger partial charge is 0.328 e. The number of benzene rings is 2.